The number of carboxylic acid groups (broad SMARTS) is 1. The zero-order valence-corrected chi connectivity index (χ0v) is 15.6. The van der Waals surface area contributed by atoms with Crippen LogP contribution in [0.5, 0.6) is 0 Å². The number of pyridine rings is 1. The molecule has 0 bridgehead atoms. The Kier molecular flexibility index (Phi) is 4.74. The molecule has 0 radical (unpaired) electrons. The van der Waals surface area contributed by atoms with Gasteiger partial charge in [0.25, 0.3) is 0 Å². The minimum absolute atomic E-state index is 0.158. The molecule has 1 aromatic carbocycles. The van der Waals surface area contributed by atoms with Crippen LogP contribution in [0.1, 0.15) is 34.9 Å². The summed E-state index contributed by atoms with van der Waals surface area (Å²) in [5.74, 6) is -0.879. The average molecular weight is 366 g/mol. The van der Waals surface area contributed by atoms with Gasteiger partial charge in [-0.15, -0.1) is 11.3 Å². The molecule has 5 heteroatoms. The van der Waals surface area contributed by atoms with Crippen LogP contribution in [0, 0.1) is 12.8 Å². The van der Waals surface area contributed by atoms with Gasteiger partial charge < -0.3 is 5.11 Å². The quantitative estimate of drug-likeness (QED) is 0.739. The summed E-state index contributed by atoms with van der Waals surface area (Å²) in [6.07, 6.45) is 5.19. The van der Waals surface area contributed by atoms with Gasteiger partial charge in [0.05, 0.1) is 12.0 Å². The molecule has 3 aromatic rings. The molecule has 0 aliphatic carbocycles. The maximum Gasteiger partial charge on any atom is 0.306 e. The number of aromatic nitrogens is 1. The molecule has 2 aromatic heterocycles. The SMILES string of the molecule is Cc1cnccc1C(c1cc2ccccc2s1)N1CCC(C(=O)O)CC1. The fourth-order valence-electron chi connectivity index (χ4n) is 3.86. The Morgan fingerprint density at radius 1 is 1.27 bits per heavy atom. The first-order chi connectivity index (χ1) is 12.6. The summed E-state index contributed by atoms with van der Waals surface area (Å²) in [6.45, 7) is 3.71. The topological polar surface area (TPSA) is 53.4 Å². The second-order valence-corrected chi connectivity index (χ2v) is 8.09. The number of hydrogen-bond donors (Lipinski definition) is 1. The highest BCUT2D eigenvalue weighted by Crippen LogP contribution is 2.39. The standard InChI is InChI=1S/C21H22N2O2S/c1-14-13-22-9-6-17(14)20(23-10-7-15(8-11-23)21(24)25)19-12-16-4-2-3-5-18(16)26-19/h2-6,9,12-13,15,20H,7-8,10-11H2,1H3,(H,24,25). The zero-order valence-electron chi connectivity index (χ0n) is 14.8. The van der Waals surface area contributed by atoms with Crippen molar-refractivity contribution in [1.29, 1.82) is 0 Å². The van der Waals surface area contributed by atoms with Gasteiger partial charge in [0.2, 0.25) is 0 Å². The maximum absolute atomic E-state index is 11.3. The Labute approximate surface area is 157 Å². The number of aryl methyl sites for hydroxylation is 1. The van der Waals surface area contributed by atoms with Gasteiger partial charge in [-0.3, -0.25) is 14.7 Å². The van der Waals surface area contributed by atoms with Crippen molar-refractivity contribution in [2.24, 2.45) is 5.92 Å². The van der Waals surface area contributed by atoms with Crippen molar-refractivity contribution < 1.29 is 9.90 Å². The predicted octanol–water partition coefficient (Wildman–Crippen LogP) is 4.49. The molecule has 1 N–H and O–H groups in total. The zero-order chi connectivity index (χ0) is 18.1. The minimum atomic E-state index is -0.664. The molecule has 1 unspecified atom stereocenters. The van der Waals surface area contributed by atoms with E-state index in [4.69, 9.17) is 0 Å². The molecule has 1 aliphatic heterocycles. The lowest BCUT2D eigenvalue weighted by molar-refractivity contribution is -0.143. The number of aliphatic carboxylic acids is 1. The van der Waals surface area contributed by atoms with Crippen molar-refractivity contribution in [2.75, 3.05) is 13.1 Å². The van der Waals surface area contributed by atoms with Gasteiger partial charge in [-0.1, -0.05) is 18.2 Å². The summed E-state index contributed by atoms with van der Waals surface area (Å²) in [7, 11) is 0. The second-order valence-electron chi connectivity index (χ2n) is 6.97. The number of fused-ring (bicyclic) bond motifs is 1. The maximum atomic E-state index is 11.3. The summed E-state index contributed by atoms with van der Waals surface area (Å²) in [4.78, 5) is 19.3. The Bertz CT molecular complexity index is 895. The van der Waals surface area contributed by atoms with Gasteiger partial charge in [-0.2, -0.15) is 0 Å². The summed E-state index contributed by atoms with van der Waals surface area (Å²) >= 11 is 1.83. The van der Waals surface area contributed by atoms with E-state index >= 15 is 0 Å². The van der Waals surface area contributed by atoms with Crippen molar-refractivity contribution in [1.82, 2.24) is 9.88 Å². The third kappa shape index (κ3) is 3.24. The number of nitrogens with zero attached hydrogens (tertiary/aromatic N) is 2. The normalized spacial score (nSPS) is 17.4. The number of hydrogen-bond acceptors (Lipinski definition) is 4. The average Bonchev–Trinajstić information content (AvgIpc) is 3.07. The van der Waals surface area contributed by atoms with Crippen LogP contribution >= 0.6 is 11.3 Å². The Balaban J connectivity index is 1.73. The Hall–Kier alpha value is -2.24. The van der Waals surface area contributed by atoms with Crippen molar-refractivity contribution in [3.63, 3.8) is 0 Å². The number of piperidine rings is 1. The van der Waals surface area contributed by atoms with Gasteiger partial charge in [0, 0.05) is 22.0 Å². The predicted molar refractivity (Wildman–Crippen MR) is 105 cm³/mol. The summed E-state index contributed by atoms with van der Waals surface area (Å²) in [5.41, 5.74) is 2.44. The molecule has 0 amide bonds. The number of carboxylic acids is 1. The van der Waals surface area contributed by atoms with Crippen LogP contribution in [-0.2, 0) is 4.79 Å². The lowest BCUT2D eigenvalue weighted by atomic mass is 9.93. The summed E-state index contributed by atoms with van der Waals surface area (Å²) in [5, 5.41) is 10.6. The van der Waals surface area contributed by atoms with E-state index in [-0.39, 0.29) is 12.0 Å². The van der Waals surface area contributed by atoms with E-state index in [1.807, 2.05) is 23.7 Å². The van der Waals surface area contributed by atoms with Crippen molar-refractivity contribution in [3.8, 4) is 0 Å². The minimum Gasteiger partial charge on any atom is -0.481 e. The molecule has 134 valence electrons. The lowest BCUT2D eigenvalue weighted by Crippen LogP contribution is -2.39. The third-order valence-corrected chi connectivity index (χ3v) is 6.48. The van der Waals surface area contributed by atoms with Crippen LogP contribution in [0.4, 0.5) is 0 Å². The molecule has 1 aliphatic rings. The van der Waals surface area contributed by atoms with Crippen molar-refractivity contribution in [2.45, 2.75) is 25.8 Å². The van der Waals surface area contributed by atoms with E-state index in [2.05, 4.69) is 53.2 Å². The van der Waals surface area contributed by atoms with E-state index in [0.717, 1.165) is 13.1 Å². The molecule has 0 saturated carbocycles. The monoisotopic (exact) mass is 366 g/mol. The van der Waals surface area contributed by atoms with E-state index in [1.165, 1.54) is 26.1 Å². The van der Waals surface area contributed by atoms with Gasteiger partial charge in [0.15, 0.2) is 0 Å². The van der Waals surface area contributed by atoms with E-state index < -0.39 is 5.97 Å². The number of benzene rings is 1. The van der Waals surface area contributed by atoms with Crippen molar-refractivity contribution in [3.05, 3.63) is 64.8 Å². The molecule has 3 heterocycles. The van der Waals surface area contributed by atoms with Crippen LogP contribution in [0.15, 0.2) is 48.8 Å². The fourth-order valence-corrected chi connectivity index (χ4v) is 5.08. The van der Waals surface area contributed by atoms with Crippen LogP contribution < -0.4 is 0 Å². The summed E-state index contributed by atoms with van der Waals surface area (Å²) < 4.78 is 1.29. The Morgan fingerprint density at radius 3 is 2.73 bits per heavy atom. The number of rotatable bonds is 4. The van der Waals surface area contributed by atoms with Gasteiger partial charge in [-0.05, 0) is 67.6 Å². The fraction of sp³-hybridized carbons (Fsp3) is 0.333. The lowest BCUT2D eigenvalue weighted by Gasteiger charge is -2.36. The van der Waals surface area contributed by atoms with Crippen molar-refractivity contribution >= 4 is 27.4 Å². The van der Waals surface area contributed by atoms with Gasteiger partial charge >= 0.3 is 5.97 Å². The molecule has 1 atom stereocenters. The highest BCUT2D eigenvalue weighted by molar-refractivity contribution is 7.19. The van der Waals surface area contributed by atoms with Crippen LogP contribution in [0.3, 0.4) is 0 Å². The first-order valence-electron chi connectivity index (χ1n) is 8.99. The smallest absolute Gasteiger partial charge is 0.306 e. The van der Waals surface area contributed by atoms with E-state index in [1.54, 1.807) is 0 Å². The summed E-state index contributed by atoms with van der Waals surface area (Å²) in [6, 6.07) is 13.0. The highest BCUT2D eigenvalue weighted by Gasteiger charge is 2.31. The van der Waals surface area contributed by atoms with Crippen LogP contribution in [0.25, 0.3) is 10.1 Å². The first kappa shape index (κ1) is 17.2. The molecule has 0 spiro atoms. The first-order valence-corrected chi connectivity index (χ1v) is 9.81. The molecule has 4 nitrogen and oxygen atoms in total. The molecular weight excluding hydrogens is 344 g/mol. The van der Waals surface area contributed by atoms with Crippen LogP contribution in [-0.4, -0.2) is 34.0 Å². The largest absolute Gasteiger partial charge is 0.481 e. The molecule has 1 saturated heterocycles. The molecule has 4 rings (SSSR count). The van der Waals surface area contributed by atoms with Crippen LogP contribution in [0.2, 0.25) is 0 Å². The van der Waals surface area contributed by atoms with Gasteiger partial charge in [0.1, 0.15) is 0 Å². The number of likely N-dealkylation sites (tertiary alicyclic amines) is 1. The highest BCUT2D eigenvalue weighted by atomic mass is 32.1. The third-order valence-electron chi connectivity index (χ3n) is 5.32. The van der Waals surface area contributed by atoms with E-state index in [0.29, 0.717) is 12.8 Å². The number of thiophene rings is 1. The number of carbonyl (C=O) groups is 1. The molecule has 1 fully saturated rings. The van der Waals surface area contributed by atoms with E-state index in [9.17, 15) is 9.90 Å². The van der Waals surface area contributed by atoms with Gasteiger partial charge in [-0.25, -0.2) is 0 Å². The second kappa shape index (κ2) is 7.17. The molecular formula is C21H22N2O2S. The Morgan fingerprint density at radius 2 is 2.04 bits per heavy atom. The molecule has 26 heavy (non-hydrogen) atoms.